The van der Waals surface area contributed by atoms with Crippen molar-refractivity contribution >= 4 is 12.2 Å². The van der Waals surface area contributed by atoms with Crippen molar-refractivity contribution in [2.75, 3.05) is 0 Å². The van der Waals surface area contributed by atoms with Crippen LogP contribution in [0.2, 0.25) is 0 Å². The summed E-state index contributed by atoms with van der Waals surface area (Å²) in [4.78, 5) is 8.09. The van der Waals surface area contributed by atoms with Crippen LogP contribution in [0, 0.1) is 4.77 Å². The molecule has 0 amide bonds. The van der Waals surface area contributed by atoms with E-state index in [0.717, 1.165) is 22.6 Å². The first-order valence-electron chi connectivity index (χ1n) is 7.31. The van der Waals surface area contributed by atoms with E-state index in [-0.39, 0.29) is 0 Å². The highest BCUT2D eigenvalue weighted by Crippen LogP contribution is 2.21. The quantitative estimate of drug-likeness (QED) is 0.580. The van der Waals surface area contributed by atoms with Crippen LogP contribution in [0.1, 0.15) is 5.56 Å². The van der Waals surface area contributed by atoms with E-state index < -0.39 is 0 Å². The predicted molar refractivity (Wildman–Crippen MR) is 91.1 cm³/mol. The molecular weight excluding hydrogens is 322 g/mol. The van der Waals surface area contributed by atoms with Gasteiger partial charge in [-0.3, -0.25) is 14.6 Å². The Kier molecular flexibility index (Phi) is 3.72. The fraction of sp³-hybridized carbons (Fsp3) is 0.0625. The molecule has 0 aliphatic heterocycles. The van der Waals surface area contributed by atoms with E-state index >= 15 is 0 Å². The van der Waals surface area contributed by atoms with Gasteiger partial charge in [-0.2, -0.15) is 10.2 Å². The van der Waals surface area contributed by atoms with Crippen LogP contribution in [-0.2, 0) is 6.54 Å². The number of H-pyrrole nitrogens is 1. The smallest absolute Gasteiger partial charge is 0.200 e. The Balaban J connectivity index is 1.69. The zero-order chi connectivity index (χ0) is 16.4. The molecule has 0 aliphatic carbocycles. The number of aromatic nitrogens is 7. The summed E-state index contributed by atoms with van der Waals surface area (Å²) >= 11 is 5.38. The van der Waals surface area contributed by atoms with Gasteiger partial charge in [0.1, 0.15) is 12.7 Å². The molecular formula is C16H13N7S. The maximum Gasteiger partial charge on any atom is 0.200 e. The van der Waals surface area contributed by atoms with Crippen LogP contribution in [0.4, 0.5) is 0 Å². The van der Waals surface area contributed by atoms with Crippen molar-refractivity contribution in [3.8, 4) is 17.1 Å². The second-order valence-corrected chi connectivity index (χ2v) is 5.58. The molecule has 1 aromatic carbocycles. The normalized spacial score (nSPS) is 10.8. The van der Waals surface area contributed by atoms with E-state index in [1.54, 1.807) is 23.4 Å². The highest BCUT2D eigenvalue weighted by Gasteiger charge is 2.10. The molecule has 3 aromatic heterocycles. The maximum absolute atomic E-state index is 5.38. The van der Waals surface area contributed by atoms with Crippen LogP contribution in [0.3, 0.4) is 0 Å². The molecule has 4 rings (SSSR count). The van der Waals surface area contributed by atoms with Crippen LogP contribution in [-0.4, -0.2) is 34.5 Å². The molecule has 0 spiro atoms. The Morgan fingerprint density at radius 1 is 1.08 bits per heavy atom. The molecule has 3 heterocycles. The Morgan fingerprint density at radius 2 is 1.96 bits per heavy atom. The number of nitrogens with one attached hydrogen (secondary N) is 1. The molecule has 24 heavy (non-hydrogen) atoms. The lowest BCUT2D eigenvalue weighted by molar-refractivity contribution is 0.685. The van der Waals surface area contributed by atoms with Gasteiger partial charge in [-0.25, -0.2) is 9.67 Å². The molecule has 0 saturated heterocycles. The van der Waals surface area contributed by atoms with E-state index in [1.807, 2.05) is 41.0 Å². The zero-order valence-electron chi connectivity index (χ0n) is 12.6. The number of rotatable bonds is 4. The van der Waals surface area contributed by atoms with Crippen molar-refractivity contribution in [1.82, 2.24) is 34.5 Å². The second kappa shape index (κ2) is 6.17. The van der Waals surface area contributed by atoms with Gasteiger partial charge in [0.25, 0.3) is 0 Å². The zero-order valence-corrected chi connectivity index (χ0v) is 13.4. The van der Waals surface area contributed by atoms with Gasteiger partial charge < -0.3 is 0 Å². The van der Waals surface area contributed by atoms with Crippen LogP contribution in [0.5, 0.6) is 0 Å². The summed E-state index contributed by atoms with van der Waals surface area (Å²) in [5.41, 5.74) is 2.97. The van der Waals surface area contributed by atoms with Gasteiger partial charge in [-0.1, -0.05) is 12.1 Å². The van der Waals surface area contributed by atoms with Crippen LogP contribution in [0.15, 0.2) is 61.4 Å². The second-order valence-electron chi connectivity index (χ2n) is 5.19. The highest BCUT2D eigenvalue weighted by molar-refractivity contribution is 7.71. The number of nitrogens with zero attached hydrogens (tertiary/aromatic N) is 6. The van der Waals surface area contributed by atoms with Crippen LogP contribution < -0.4 is 0 Å². The third-order valence-corrected chi connectivity index (χ3v) is 3.87. The summed E-state index contributed by atoms with van der Waals surface area (Å²) in [7, 11) is 0. The van der Waals surface area contributed by atoms with Crippen molar-refractivity contribution < 1.29 is 0 Å². The van der Waals surface area contributed by atoms with Gasteiger partial charge in [-0.05, 0) is 42.0 Å². The lowest BCUT2D eigenvalue weighted by atomic mass is 10.2. The van der Waals surface area contributed by atoms with Gasteiger partial charge in [0.2, 0.25) is 0 Å². The molecule has 0 atom stereocenters. The summed E-state index contributed by atoms with van der Waals surface area (Å²) in [6.07, 6.45) is 6.72. The van der Waals surface area contributed by atoms with Crippen molar-refractivity contribution in [3.63, 3.8) is 0 Å². The van der Waals surface area contributed by atoms with Gasteiger partial charge >= 0.3 is 0 Å². The van der Waals surface area contributed by atoms with E-state index in [2.05, 4.69) is 25.3 Å². The fourth-order valence-electron chi connectivity index (χ4n) is 2.48. The lowest BCUT2D eigenvalue weighted by Gasteiger charge is -2.08. The highest BCUT2D eigenvalue weighted by atomic mass is 32.1. The third kappa shape index (κ3) is 2.74. The van der Waals surface area contributed by atoms with Crippen molar-refractivity contribution in [2.24, 2.45) is 0 Å². The molecule has 4 aromatic rings. The molecule has 7 nitrogen and oxygen atoms in total. The van der Waals surface area contributed by atoms with Crippen molar-refractivity contribution in [1.29, 1.82) is 0 Å². The first-order valence-corrected chi connectivity index (χ1v) is 7.71. The molecule has 0 aliphatic rings. The minimum Gasteiger partial charge on any atom is -0.268 e. The molecule has 0 fully saturated rings. The van der Waals surface area contributed by atoms with E-state index in [1.165, 1.54) is 6.33 Å². The summed E-state index contributed by atoms with van der Waals surface area (Å²) in [5.74, 6) is 0.733. The predicted octanol–water partition coefficient (Wildman–Crippen LogP) is 2.63. The Hall–Kier alpha value is -3.13. The maximum atomic E-state index is 5.38. The Bertz CT molecular complexity index is 985. The van der Waals surface area contributed by atoms with Crippen LogP contribution in [0.25, 0.3) is 17.1 Å². The Labute approximate surface area is 142 Å². The van der Waals surface area contributed by atoms with E-state index in [0.29, 0.717) is 11.3 Å². The summed E-state index contributed by atoms with van der Waals surface area (Å²) in [6.45, 7) is 0.673. The van der Waals surface area contributed by atoms with Crippen molar-refractivity contribution in [2.45, 2.75) is 6.54 Å². The molecule has 118 valence electrons. The molecule has 1 N–H and O–H groups in total. The average molecular weight is 335 g/mol. The summed E-state index contributed by atoms with van der Waals surface area (Å²) in [5, 5.41) is 11.3. The Morgan fingerprint density at radius 3 is 2.67 bits per heavy atom. The third-order valence-electron chi connectivity index (χ3n) is 3.60. The van der Waals surface area contributed by atoms with Gasteiger partial charge in [0.15, 0.2) is 10.6 Å². The van der Waals surface area contributed by atoms with E-state index in [9.17, 15) is 0 Å². The summed E-state index contributed by atoms with van der Waals surface area (Å²) in [6, 6.07) is 11.9. The molecule has 8 heteroatoms. The first-order chi connectivity index (χ1) is 11.8. The van der Waals surface area contributed by atoms with E-state index in [4.69, 9.17) is 12.2 Å². The van der Waals surface area contributed by atoms with Gasteiger partial charge in [0, 0.05) is 23.6 Å². The largest absolute Gasteiger partial charge is 0.268 e. The topological polar surface area (TPSA) is 77.2 Å². The van der Waals surface area contributed by atoms with Crippen molar-refractivity contribution in [3.05, 3.63) is 71.8 Å². The van der Waals surface area contributed by atoms with Gasteiger partial charge in [0.05, 0.1) is 6.54 Å². The first kappa shape index (κ1) is 14.5. The van der Waals surface area contributed by atoms with Crippen LogP contribution >= 0.6 is 12.2 Å². The average Bonchev–Trinajstić information content (AvgIpc) is 3.26. The molecule has 0 radical (unpaired) electrons. The molecule has 0 saturated carbocycles. The summed E-state index contributed by atoms with van der Waals surface area (Å²) < 4.78 is 4.21. The standard InChI is InChI=1S/C16H13N7S/c24-16-21-20-15(13-2-1-7-17-8-13)23(16)14-5-3-12(4-6-14)9-22-11-18-10-19-22/h1-8,10-11H,9H2,(H,21,24). The number of pyridine rings is 1. The van der Waals surface area contributed by atoms with Gasteiger partial charge in [-0.15, -0.1) is 0 Å². The number of benzene rings is 1. The SMILES string of the molecule is S=c1[nH]nc(-c2cccnc2)n1-c1ccc(Cn2cncn2)cc1. The minimum atomic E-state index is 0.540. The lowest BCUT2D eigenvalue weighted by Crippen LogP contribution is -2.01. The minimum absolute atomic E-state index is 0.540. The molecule has 0 bridgehead atoms. The fourth-order valence-corrected chi connectivity index (χ4v) is 2.71. The number of hydrogen-bond acceptors (Lipinski definition) is 5. The number of hydrogen-bond donors (Lipinski definition) is 1. The molecule has 0 unspecified atom stereocenters. The number of aromatic amines is 1. The monoisotopic (exact) mass is 335 g/mol.